The van der Waals surface area contributed by atoms with Gasteiger partial charge in [-0.3, -0.25) is 0 Å². The van der Waals surface area contributed by atoms with Crippen LogP contribution in [0.4, 0.5) is 0 Å². The van der Waals surface area contributed by atoms with E-state index in [0.29, 0.717) is 16.2 Å². The Hall–Kier alpha value is 0. The van der Waals surface area contributed by atoms with Crippen LogP contribution in [0.3, 0.4) is 0 Å². The summed E-state index contributed by atoms with van der Waals surface area (Å²) in [5.74, 6) is 15.6. The first kappa shape index (κ1) is 86.3. The lowest BCUT2D eigenvalue weighted by Gasteiger charge is -2.46. The minimum Gasteiger partial charge on any atom is -0.0630 e. The van der Waals surface area contributed by atoms with Gasteiger partial charge in [-0.2, -0.15) is 0 Å². The molecule has 462 valence electrons. The van der Waals surface area contributed by atoms with Gasteiger partial charge in [-0.25, -0.2) is 0 Å². The Morgan fingerprint density at radius 3 is 0.347 bits per heavy atom. The molecular formula is C75H162. The van der Waals surface area contributed by atoms with Crippen molar-refractivity contribution in [2.24, 2.45) is 129 Å². The van der Waals surface area contributed by atoms with Gasteiger partial charge in [-0.05, 0) is 231 Å². The second-order valence-electron chi connectivity index (χ2n) is 34.9. The van der Waals surface area contributed by atoms with Crippen LogP contribution in [0.5, 0.6) is 0 Å². The van der Waals surface area contributed by atoms with Gasteiger partial charge in [0.2, 0.25) is 0 Å². The summed E-state index contributed by atoms with van der Waals surface area (Å²) in [7, 11) is 0. The number of hydrogen-bond acceptors (Lipinski definition) is 0. The van der Waals surface area contributed by atoms with Crippen LogP contribution in [0.15, 0.2) is 0 Å². The summed E-state index contributed by atoms with van der Waals surface area (Å²) in [6.45, 7) is 87.0. The van der Waals surface area contributed by atoms with E-state index >= 15 is 0 Å². The van der Waals surface area contributed by atoms with E-state index in [2.05, 4.69) is 256 Å². The van der Waals surface area contributed by atoms with E-state index in [0.717, 1.165) is 112 Å². The molecule has 0 rings (SSSR count). The normalized spacial score (nSPS) is 12.8. The first-order chi connectivity index (χ1) is 33.7. The quantitative estimate of drug-likeness (QED) is 0.0630. The Balaban J connectivity index is -0.000000282. The van der Waals surface area contributed by atoms with Crippen LogP contribution in [0.2, 0.25) is 0 Å². The fourth-order valence-electron chi connectivity index (χ4n) is 13.3. The van der Waals surface area contributed by atoms with Gasteiger partial charge in [-0.1, -0.05) is 256 Å². The van der Waals surface area contributed by atoms with Gasteiger partial charge in [0.05, 0.1) is 0 Å². The predicted molar refractivity (Wildman–Crippen MR) is 357 cm³/mol. The molecule has 0 aromatic carbocycles. The van der Waals surface area contributed by atoms with Crippen molar-refractivity contribution in [2.45, 2.75) is 359 Å². The van der Waals surface area contributed by atoms with Crippen LogP contribution >= 0.6 is 0 Å². The molecule has 0 unspecified atom stereocenters. The summed E-state index contributed by atoms with van der Waals surface area (Å²) in [4.78, 5) is 0. The average Bonchev–Trinajstić information content (AvgIpc) is 3.06. The van der Waals surface area contributed by atoms with Crippen LogP contribution < -0.4 is 0 Å². The SMILES string of the molecule is CC(C)(C)C.CC(C)C.CC(C)C.CC(C)C.CC(C)CC(CC(C)C)(CC(C)C)CC(C)C.CC(C)CC(CC(C)C)CC(CC(CC(C)C)CC(C)C)(CC(CC(C)C)CC(C)C)CC(CC(C)C)CC(C)C. The minimum atomic E-state index is 0.478. The fraction of sp³-hybridized carbons (Fsp3) is 1.00. The first-order valence-corrected chi connectivity index (χ1v) is 33.7. The molecule has 0 spiro atoms. The molecular weight excluding hydrogens is 901 g/mol. The molecule has 0 aliphatic carbocycles. The molecule has 0 fully saturated rings. The molecule has 0 atom stereocenters. The third-order valence-electron chi connectivity index (χ3n) is 12.7. The molecule has 0 saturated heterocycles. The lowest BCUT2D eigenvalue weighted by atomic mass is 9.59. The topological polar surface area (TPSA) is 0 Å². The molecule has 0 aromatic rings. The maximum Gasteiger partial charge on any atom is -0.0287 e. The smallest absolute Gasteiger partial charge is 0.0287 e. The zero-order chi connectivity index (χ0) is 60.8. The molecule has 0 N–H and O–H groups in total. The van der Waals surface area contributed by atoms with Crippen molar-refractivity contribution in [1.29, 1.82) is 0 Å². The Bertz CT molecular complexity index is 917. The van der Waals surface area contributed by atoms with Crippen LogP contribution in [0.25, 0.3) is 0 Å². The van der Waals surface area contributed by atoms with E-state index < -0.39 is 0 Å². The van der Waals surface area contributed by atoms with Gasteiger partial charge in [-0.15, -0.1) is 0 Å². The standard InChI is InChI=1S/C41H84.C17H36.C5H12.3C4H10/c1-29(2)17-37(18-30(3)4)25-41(26-38(19-31(5)6)20-32(7)8,27-39(21-33(9)10)22-34(11)12)28-40(23-35(13)14)24-36(15)16;1-13(2)9-17(10-14(3)4,11-15(5)6)12-16(7)8;1-5(2,3)4;3*1-4(2)3/h29-40H,17-28H2,1-16H3;13-16H,9-12H2,1-8H3;1-4H3;3*4H,1-3H3. The summed E-state index contributed by atoms with van der Waals surface area (Å²) in [5.41, 5.74) is 1.57. The van der Waals surface area contributed by atoms with Gasteiger partial charge in [0.1, 0.15) is 0 Å². The van der Waals surface area contributed by atoms with E-state index in [9.17, 15) is 0 Å². The highest BCUT2D eigenvalue weighted by molar-refractivity contribution is 4.91. The van der Waals surface area contributed by atoms with Crippen molar-refractivity contribution in [3.63, 3.8) is 0 Å². The summed E-state index contributed by atoms with van der Waals surface area (Å²) < 4.78 is 0. The van der Waals surface area contributed by atoms with Crippen LogP contribution in [0.1, 0.15) is 359 Å². The van der Waals surface area contributed by atoms with Gasteiger partial charge in [0, 0.05) is 0 Å². The lowest BCUT2D eigenvalue weighted by Crippen LogP contribution is -2.35. The minimum absolute atomic E-state index is 0.478. The largest absolute Gasteiger partial charge is 0.0630 e. The van der Waals surface area contributed by atoms with E-state index in [-0.39, 0.29) is 0 Å². The van der Waals surface area contributed by atoms with Crippen molar-refractivity contribution in [3.8, 4) is 0 Å². The second kappa shape index (κ2) is 47.6. The fourth-order valence-corrected chi connectivity index (χ4v) is 13.3. The highest BCUT2D eigenvalue weighted by Gasteiger charge is 2.40. The Labute approximate surface area is 485 Å². The molecule has 0 aliphatic rings. The molecule has 0 aromatic heterocycles. The predicted octanol–water partition coefficient (Wildman–Crippen LogP) is 27.6. The molecule has 0 bridgehead atoms. The van der Waals surface area contributed by atoms with Crippen molar-refractivity contribution < 1.29 is 0 Å². The van der Waals surface area contributed by atoms with Crippen LogP contribution in [0, 0.1) is 129 Å². The zero-order valence-electron chi connectivity index (χ0n) is 60.8. The monoisotopic (exact) mass is 1060 g/mol. The molecule has 0 nitrogen and oxygen atoms in total. The zero-order valence-corrected chi connectivity index (χ0v) is 60.8. The Morgan fingerprint density at radius 1 is 0.173 bits per heavy atom. The number of rotatable bonds is 32. The summed E-state index contributed by atoms with van der Waals surface area (Å²) >= 11 is 0. The van der Waals surface area contributed by atoms with Gasteiger partial charge < -0.3 is 0 Å². The molecule has 0 heterocycles. The van der Waals surface area contributed by atoms with Gasteiger partial charge in [0.25, 0.3) is 0 Å². The maximum absolute atomic E-state index is 2.48. The highest BCUT2D eigenvalue weighted by atomic mass is 14.5. The molecule has 75 heavy (non-hydrogen) atoms. The summed E-state index contributed by atoms with van der Waals surface area (Å²) in [6.07, 6.45) is 22.9. The van der Waals surface area contributed by atoms with Crippen molar-refractivity contribution in [1.82, 2.24) is 0 Å². The maximum atomic E-state index is 2.48. The molecule has 0 amide bonds. The molecule has 0 radical (unpaired) electrons. The Kier molecular flexibility index (Phi) is 54.8. The molecule has 0 saturated carbocycles. The van der Waals surface area contributed by atoms with E-state index in [1.807, 2.05) is 0 Å². The van der Waals surface area contributed by atoms with Gasteiger partial charge >= 0.3 is 0 Å². The third kappa shape index (κ3) is 74.0. The average molecular weight is 1060 g/mol. The third-order valence-corrected chi connectivity index (χ3v) is 12.7. The van der Waals surface area contributed by atoms with Crippen LogP contribution in [-0.2, 0) is 0 Å². The first-order valence-electron chi connectivity index (χ1n) is 33.7. The van der Waals surface area contributed by atoms with E-state index in [1.54, 1.807) is 0 Å². The van der Waals surface area contributed by atoms with E-state index in [4.69, 9.17) is 0 Å². The molecule has 0 heteroatoms. The molecule has 0 aliphatic heterocycles. The van der Waals surface area contributed by atoms with Gasteiger partial charge in [0.15, 0.2) is 0 Å². The second-order valence-corrected chi connectivity index (χ2v) is 34.9. The Morgan fingerprint density at radius 2 is 0.267 bits per heavy atom. The lowest BCUT2D eigenvalue weighted by molar-refractivity contribution is 0.0497. The summed E-state index contributed by atoms with van der Waals surface area (Å²) in [5, 5.41) is 0. The van der Waals surface area contributed by atoms with Crippen molar-refractivity contribution in [2.75, 3.05) is 0 Å². The van der Waals surface area contributed by atoms with Crippen molar-refractivity contribution >= 4 is 0 Å². The van der Waals surface area contributed by atoms with Crippen LogP contribution in [-0.4, -0.2) is 0 Å². The van der Waals surface area contributed by atoms with Crippen molar-refractivity contribution in [3.05, 3.63) is 0 Å². The van der Waals surface area contributed by atoms with E-state index in [1.165, 1.54) is 103 Å². The highest BCUT2D eigenvalue weighted by Crippen LogP contribution is 2.52. The number of hydrogen-bond donors (Lipinski definition) is 0. The summed E-state index contributed by atoms with van der Waals surface area (Å²) in [6, 6.07) is 0.